The summed E-state index contributed by atoms with van der Waals surface area (Å²) in [5, 5.41) is 3.47. The van der Waals surface area contributed by atoms with Crippen LogP contribution in [0.2, 0.25) is 0 Å². The third-order valence-corrected chi connectivity index (χ3v) is 3.69. The molecule has 16 heavy (non-hydrogen) atoms. The topological polar surface area (TPSA) is 28.2 Å². The lowest BCUT2D eigenvalue weighted by Crippen LogP contribution is -2.35. The summed E-state index contributed by atoms with van der Waals surface area (Å²) >= 11 is 3.45. The van der Waals surface area contributed by atoms with Crippen molar-refractivity contribution in [1.82, 2.24) is 9.88 Å². The first-order valence-corrected chi connectivity index (χ1v) is 6.58. The van der Waals surface area contributed by atoms with Gasteiger partial charge in [-0.15, -0.1) is 0 Å². The van der Waals surface area contributed by atoms with E-state index in [-0.39, 0.29) is 0 Å². The van der Waals surface area contributed by atoms with E-state index in [9.17, 15) is 0 Å². The second-order valence-corrected chi connectivity index (χ2v) is 5.24. The van der Waals surface area contributed by atoms with Gasteiger partial charge in [-0.05, 0) is 60.4 Å². The predicted molar refractivity (Wildman–Crippen MR) is 70.6 cm³/mol. The molecule has 1 N–H and O–H groups in total. The highest BCUT2D eigenvalue weighted by atomic mass is 79.9. The summed E-state index contributed by atoms with van der Waals surface area (Å²) in [7, 11) is 2.20. The Kier molecular flexibility index (Phi) is 4.18. The van der Waals surface area contributed by atoms with Gasteiger partial charge in [0.25, 0.3) is 0 Å². The van der Waals surface area contributed by atoms with Gasteiger partial charge in [0.15, 0.2) is 0 Å². The highest BCUT2D eigenvalue weighted by Crippen LogP contribution is 2.20. The molecule has 0 amide bonds. The lowest BCUT2D eigenvalue weighted by Gasteiger charge is -2.30. The number of rotatable bonds is 3. The fourth-order valence-electron chi connectivity index (χ4n) is 2.21. The van der Waals surface area contributed by atoms with E-state index in [1.165, 1.54) is 25.9 Å². The van der Waals surface area contributed by atoms with E-state index in [0.717, 1.165) is 22.8 Å². The van der Waals surface area contributed by atoms with Gasteiger partial charge in [0.1, 0.15) is 4.60 Å². The van der Waals surface area contributed by atoms with Gasteiger partial charge in [0.2, 0.25) is 0 Å². The minimum absolute atomic E-state index is 0.755. The molecule has 1 aliphatic heterocycles. The molecule has 3 nitrogen and oxygen atoms in total. The van der Waals surface area contributed by atoms with E-state index >= 15 is 0 Å². The largest absolute Gasteiger partial charge is 0.383 e. The summed E-state index contributed by atoms with van der Waals surface area (Å²) in [5.74, 6) is 0.755. The van der Waals surface area contributed by atoms with Crippen LogP contribution in [0.25, 0.3) is 0 Å². The van der Waals surface area contributed by atoms with Crippen molar-refractivity contribution in [3.63, 3.8) is 0 Å². The summed E-state index contributed by atoms with van der Waals surface area (Å²) in [6.45, 7) is 3.48. The Hall–Kier alpha value is -0.610. The van der Waals surface area contributed by atoms with Gasteiger partial charge < -0.3 is 10.2 Å². The van der Waals surface area contributed by atoms with E-state index in [2.05, 4.69) is 44.2 Å². The number of hydrogen-bond donors (Lipinski definition) is 1. The Morgan fingerprint density at radius 2 is 2.50 bits per heavy atom. The second kappa shape index (κ2) is 5.64. The molecule has 1 atom stereocenters. The van der Waals surface area contributed by atoms with Crippen LogP contribution in [-0.2, 0) is 0 Å². The molecule has 1 aliphatic rings. The first-order valence-electron chi connectivity index (χ1n) is 5.78. The van der Waals surface area contributed by atoms with E-state index in [1.54, 1.807) is 6.20 Å². The molecule has 1 aromatic rings. The van der Waals surface area contributed by atoms with Gasteiger partial charge in [-0.25, -0.2) is 4.98 Å². The number of hydrogen-bond acceptors (Lipinski definition) is 3. The van der Waals surface area contributed by atoms with Gasteiger partial charge in [-0.3, -0.25) is 0 Å². The van der Waals surface area contributed by atoms with E-state index < -0.39 is 0 Å². The Bertz CT molecular complexity index is 343. The molecule has 2 heterocycles. The second-order valence-electron chi connectivity index (χ2n) is 4.49. The normalized spacial score (nSPS) is 22.0. The number of nitrogens with zero attached hydrogens (tertiary/aromatic N) is 2. The van der Waals surface area contributed by atoms with Crippen molar-refractivity contribution in [3.8, 4) is 0 Å². The monoisotopic (exact) mass is 283 g/mol. The van der Waals surface area contributed by atoms with Crippen LogP contribution in [0.5, 0.6) is 0 Å². The number of likely N-dealkylation sites (tertiary alicyclic amines) is 1. The molecule has 0 radical (unpaired) electrons. The number of halogens is 1. The van der Waals surface area contributed by atoms with Gasteiger partial charge in [0, 0.05) is 19.3 Å². The van der Waals surface area contributed by atoms with Crippen LogP contribution in [0.3, 0.4) is 0 Å². The molecule has 1 saturated heterocycles. The smallest absolute Gasteiger partial charge is 0.129 e. The Morgan fingerprint density at radius 3 is 3.25 bits per heavy atom. The third kappa shape index (κ3) is 3.19. The van der Waals surface area contributed by atoms with Gasteiger partial charge >= 0.3 is 0 Å². The number of aromatic nitrogens is 1. The Balaban J connectivity index is 1.85. The van der Waals surface area contributed by atoms with Gasteiger partial charge in [0.05, 0.1) is 5.69 Å². The van der Waals surface area contributed by atoms with Crippen LogP contribution in [0.15, 0.2) is 22.9 Å². The molecule has 1 unspecified atom stereocenters. The molecule has 88 valence electrons. The maximum atomic E-state index is 4.20. The zero-order chi connectivity index (χ0) is 11.4. The predicted octanol–water partition coefficient (Wildman–Crippen LogP) is 2.60. The van der Waals surface area contributed by atoms with E-state index in [0.29, 0.717) is 0 Å². The lowest BCUT2D eigenvalue weighted by atomic mass is 9.98. The first kappa shape index (κ1) is 11.9. The molecule has 0 bridgehead atoms. The summed E-state index contributed by atoms with van der Waals surface area (Å²) < 4.78 is 0.902. The van der Waals surface area contributed by atoms with Crippen molar-refractivity contribution in [2.75, 3.05) is 32.0 Å². The number of piperidine rings is 1. The van der Waals surface area contributed by atoms with Crippen molar-refractivity contribution in [3.05, 3.63) is 22.9 Å². The summed E-state index contributed by atoms with van der Waals surface area (Å²) in [4.78, 5) is 6.61. The molecule has 0 spiro atoms. The molecule has 0 aromatic carbocycles. The van der Waals surface area contributed by atoms with E-state index in [4.69, 9.17) is 0 Å². The highest BCUT2D eigenvalue weighted by Gasteiger charge is 2.16. The molecule has 0 saturated carbocycles. The fraction of sp³-hybridized carbons (Fsp3) is 0.583. The molecule has 0 aliphatic carbocycles. The van der Waals surface area contributed by atoms with Crippen molar-refractivity contribution in [2.45, 2.75) is 12.8 Å². The van der Waals surface area contributed by atoms with Crippen LogP contribution >= 0.6 is 15.9 Å². The molecule has 1 aromatic heterocycles. The summed E-state index contributed by atoms with van der Waals surface area (Å²) in [6, 6.07) is 4.02. The average Bonchev–Trinajstić information content (AvgIpc) is 2.28. The zero-order valence-electron chi connectivity index (χ0n) is 9.62. The minimum Gasteiger partial charge on any atom is -0.383 e. The van der Waals surface area contributed by atoms with Gasteiger partial charge in [-0.1, -0.05) is 0 Å². The SMILES string of the molecule is CN1CCCC(CNc2cccnc2Br)C1. The molecule has 1 fully saturated rings. The lowest BCUT2D eigenvalue weighted by molar-refractivity contribution is 0.217. The van der Waals surface area contributed by atoms with Gasteiger partial charge in [-0.2, -0.15) is 0 Å². The number of pyridine rings is 1. The maximum absolute atomic E-state index is 4.20. The van der Waals surface area contributed by atoms with Crippen molar-refractivity contribution >= 4 is 21.6 Å². The number of anilines is 1. The van der Waals surface area contributed by atoms with Crippen molar-refractivity contribution < 1.29 is 0 Å². The fourth-order valence-corrected chi connectivity index (χ4v) is 2.60. The van der Waals surface area contributed by atoms with Crippen molar-refractivity contribution in [1.29, 1.82) is 0 Å². The minimum atomic E-state index is 0.755. The standard InChI is InChI=1S/C12H18BrN3/c1-16-7-3-4-10(9-16)8-15-11-5-2-6-14-12(11)13/h2,5-6,10,15H,3-4,7-9H2,1H3. The molecular formula is C12H18BrN3. The third-order valence-electron chi connectivity index (χ3n) is 3.06. The Morgan fingerprint density at radius 1 is 1.62 bits per heavy atom. The van der Waals surface area contributed by atoms with Crippen LogP contribution in [0.1, 0.15) is 12.8 Å². The quantitative estimate of drug-likeness (QED) is 0.865. The number of nitrogens with one attached hydrogen (secondary N) is 1. The molecular weight excluding hydrogens is 266 g/mol. The van der Waals surface area contributed by atoms with Crippen molar-refractivity contribution in [2.24, 2.45) is 5.92 Å². The molecule has 4 heteroatoms. The summed E-state index contributed by atoms with van der Waals surface area (Å²) in [5.41, 5.74) is 1.09. The molecule has 2 rings (SSSR count). The van der Waals surface area contributed by atoms with Crippen LogP contribution < -0.4 is 5.32 Å². The highest BCUT2D eigenvalue weighted by molar-refractivity contribution is 9.10. The Labute approximate surface area is 105 Å². The van der Waals surface area contributed by atoms with E-state index in [1.807, 2.05) is 6.07 Å². The summed E-state index contributed by atoms with van der Waals surface area (Å²) in [6.07, 6.45) is 4.44. The van der Waals surface area contributed by atoms with Crippen LogP contribution in [0.4, 0.5) is 5.69 Å². The maximum Gasteiger partial charge on any atom is 0.129 e. The van der Waals surface area contributed by atoms with Crippen LogP contribution in [-0.4, -0.2) is 36.6 Å². The first-order chi connectivity index (χ1) is 7.75. The van der Waals surface area contributed by atoms with Crippen LogP contribution in [0, 0.1) is 5.92 Å². The average molecular weight is 284 g/mol. The zero-order valence-corrected chi connectivity index (χ0v) is 11.2.